The molecule has 12 heteroatoms. The van der Waals surface area contributed by atoms with Crippen LogP contribution in [0.15, 0.2) is 108 Å². The number of rotatable bonds is 10. The van der Waals surface area contributed by atoms with Crippen LogP contribution in [0.3, 0.4) is 0 Å². The van der Waals surface area contributed by atoms with Crippen LogP contribution in [0, 0.1) is 0 Å². The van der Waals surface area contributed by atoms with Crippen molar-refractivity contribution < 1.29 is 24.2 Å². The summed E-state index contributed by atoms with van der Waals surface area (Å²) in [4.78, 5) is 53.2. The van der Waals surface area contributed by atoms with Gasteiger partial charge in [0.15, 0.2) is 6.73 Å². The first-order valence-electron chi connectivity index (χ1n) is 17.5. The molecule has 1 aromatic heterocycles. The Morgan fingerprint density at radius 1 is 0.907 bits per heavy atom. The lowest BCUT2D eigenvalue weighted by Gasteiger charge is -2.27. The maximum Gasteiger partial charge on any atom is 0.323 e. The zero-order chi connectivity index (χ0) is 37.3. The highest BCUT2D eigenvalue weighted by Gasteiger charge is 2.42. The summed E-state index contributed by atoms with van der Waals surface area (Å²) in [6.45, 7) is -0.667. The highest BCUT2D eigenvalue weighted by atomic mass is 32.2. The number of amides is 1. The minimum atomic E-state index is -1.17. The normalized spacial score (nSPS) is 20.2. The second-order valence-corrected chi connectivity index (χ2v) is 16.3. The Morgan fingerprint density at radius 2 is 1.59 bits per heavy atom. The number of carbonyl (C=O) groups excluding carboxylic acids is 2. The number of carboxylic acids is 1. The first-order valence-corrected chi connectivity index (χ1v) is 19.8. The number of thiazole rings is 1. The van der Waals surface area contributed by atoms with Crippen LogP contribution in [-0.2, 0) is 25.9 Å². The molecule has 1 saturated carbocycles. The molecule has 0 spiro atoms. The summed E-state index contributed by atoms with van der Waals surface area (Å²) >= 11 is 6.56. The molecule has 9 nitrogen and oxygen atoms in total. The molecular formula is C42H35N3O6S3. The average molecular weight is 774 g/mol. The maximum absolute atomic E-state index is 13.7. The van der Waals surface area contributed by atoms with Gasteiger partial charge in [0.1, 0.15) is 20.8 Å². The van der Waals surface area contributed by atoms with Crippen molar-refractivity contribution in [3.05, 3.63) is 150 Å². The standard InChI is InChI=1S/C42H35N3O6S3/c46-25-51-24-44-39(49)36(53-41(44)38-40(50)43(23-37(47)48)42(52)54-38)22-27-16-19-35-33(21-27)31-12-7-13-34(31)45(35)30-17-14-26(15-18-30)20-32(28-8-3-1-4-9-28)29-10-5-2-6-11-29/h1-6,8-11,14-22,25,31,34,42,52H,7,12-13,23-24H2,(H,47,48)/b36-22?,41-38+. The van der Waals surface area contributed by atoms with E-state index in [0.29, 0.717) is 16.5 Å². The molecule has 0 bridgehead atoms. The molecule has 5 aromatic rings. The molecule has 3 heterocycles. The van der Waals surface area contributed by atoms with Crippen molar-refractivity contribution in [2.24, 2.45) is 0 Å². The summed E-state index contributed by atoms with van der Waals surface area (Å²) in [6.07, 6.45) is 7.33. The van der Waals surface area contributed by atoms with E-state index in [1.54, 1.807) is 6.08 Å². The number of hydrogen-bond acceptors (Lipinski definition) is 9. The molecule has 54 heavy (non-hydrogen) atoms. The van der Waals surface area contributed by atoms with Gasteiger partial charge in [-0.15, -0.1) is 24.0 Å². The van der Waals surface area contributed by atoms with Crippen LogP contribution < -0.4 is 19.7 Å². The summed E-state index contributed by atoms with van der Waals surface area (Å²) in [6, 6.07) is 36.3. The topological polar surface area (TPSA) is 109 Å². The maximum atomic E-state index is 13.7. The molecule has 0 radical (unpaired) electrons. The van der Waals surface area contributed by atoms with E-state index in [2.05, 4.69) is 109 Å². The second kappa shape index (κ2) is 15.2. The van der Waals surface area contributed by atoms with Crippen LogP contribution in [0.25, 0.3) is 22.6 Å². The number of hydrogen-bond donors (Lipinski definition) is 2. The molecule has 3 atom stereocenters. The highest BCUT2D eigenvalue weighted by molar-refractivity contribution is 8.18. The molecule has 1 aliphatic carbocycles. The lowest BCUT2D eigenvalue weighted by molar-refractivity contribution is -0.141. The number of carbonyl (C=O) groups is 3. The summed E-state index contributed by atoms with van der Waals surface area (Å²) in [5.41, 5.74) is 8.56. The van der Waals surface area contributed by atoms with Crippen LogP contribution in [0.1, 0.15) is 53.0 Å². The lowest BCUT2D eigenvalue weighted by atomic mass is 9.95. The number of aliphatic carboxylic acids is 1. The fraction of sp³-hybridized carbons (Fsp3) is 0.190. The smallest absolute Gasteiger partial charge is 0.323 e. The van der Waals surface area contributed by atoms with E-state index in [1.807, 2.05) is 18.2 Å². The largest absolute Gasteiger partial charge is 0.480 e. The number of anilines is 2. The van der Waals surface area contributed by atoms with Crippen molar-refractivity contribution in [2.75, 3.05) is 11.4 Å². The number of fused-ring (bicyclic) bond motifs is 3. The van der Waals surface area contributed by atoms with Crippen LogP contribution in [0.2, 0.25) is 0 Å². The zero-order valence-corrected chi connectivity index (χ0v) is 31.4. The van der Waals surface area contributed by atoms with Crippen molar-refractivity contribution in [3.8, 4) is 0 Å². The summed E-state index contributed by atoms with van der Waals surface area (Å²) in [5, 5.41) is 9.30. The molecule has 1 amide bonds. The first-order chi connectivity index (χ1) is 26.3. The Bertz CT molecular complexity index is 2420. The number of benzene rings is 4. The predicted molar refractivity (Wildman–Crippen MR) is 217 cm³/mol. The minimum absolute atomic E-state index is 0.184. The lowest BCUT2D eigenvalue weighted by Crippen LogP contribution is -2.36. The van der Waals surface area contributed by atoms with Crippen LogP contribution >= 0.6 is 35.7 Å². The average Bonchev–Trinajstić information content (AvgIpc) is 3.93. The summed E-state index contributed by atoms with van der Waals surface area (Å²) in [5.74, 6) is -1.36. The first kappa shape index (κ1) is 35.7. The van der Waals surface area contributed by atoms with Crippen molar-refractivity contribution in [3.63, 3.8) is 0 Å². The molecule has 4 aromatic carbocycles. The monoisotopic (exact) mass is 773 g/mol. The number of aromatic nitrogens is 1. The number of ether oxygens (including phenoxy) is 1. The van der Waals surface area contributed by atoms with Gasteiger partial charge in [-0.1, -0.05) is 97.0 Å². The Balaban J connectivity index is 1.14. The third kappa shape index (κ3) is 6.81. The predicted octanol–water partition coefficient (Wildman–Crippen LogP) is 6.23. The molecule has 8 rings (SSSR count). The van der Waals surface area contributed by atoms with Gasteiger partial charge in [-0.2, -0.15) is 0 Å². The number of thiol groups is 1. The Hall–Kier alpha value is -5.30. The van der Waals surface area contributed by atoms with Gasteiger partial charge in [-0.25, -0.2) is 0 Å². The van der Waals surface area contributed by atoms with E-state index < -0.39 is 28.7 Å². The molecular weight excluding hydrogens is 739 g/mol. The van der Waals surface area contributed by atoms with E-state index in [0.717, 1.165) is 86.5 Å². The van der Waals surface area contributed by atoms with Gasteiger partial charge in [0.25, 0.3) is 17.9 Å². The van der Waals surface area contributed by atoms with Crippen LogP contribution in [0.5, 0.6) is 0 Å². The Morgan fingerprint density at radius 3 is 2.26 bits per heavy atom. The number of carboxylic acid groups (broad SMARTS) is 1. The molecule has 272 valence electrons. The molecule has 3 unspecified atom stereocenters. The van der Waals surface area contributed by atoms with Gasteiger partial charge < -0.3 is 19.6 Å². The van der Waals surface area contributed by atoms with Gasteiger partial charge in [-0.3, -0.25) is 23.7 Å². The Labute approximate surface area is 324 Å². The van der Waals surface area contributed by atoms with Gasteiger partial charge in [-0.05, 0) is 82.6 Å². The third-order valence-corrected chi connectivity index (χ3v) is 13.0. The zero-order valence-electron chi connectivity index (χ0n) is 28.9. The second-order valence-electron chi connectivity index (χ2n) is 13.3. The SMILES string of the molecule is O=COCn1c(=O)c(=Cc2ccc3c(c2)C2CCCC2N3c2ccc(C=C(c3ccccc3)c3ccccc3)cc2)s/c1=C1/SC(S)N(CC(=O)O)C1=O. The number of thioether (sulfide) groups is 1. The molecule has 3 aliphatic rings. The van der Waals surface area contributed by atoms with E-state index in [1.165, 1.54) is 10.1 Å². The van der Waals surface area contributed by atoms with Crippen LogP contribution in [0.4, 0.5) is 11.4 Å². The quantitative estimate of drug-likeness (QED) is 0.0979. The van der Waals surface area contributed by atoms with E-state index >= 15 is 0 Å². The van der Waals surface area contributed by atoms with Gasteiger partial charge in [0.2, 0.25) is 0 Å². The minimum Gasteiger partial charge on any atom is -0.480 e. The van der Waals surface area contributed by atoms with Gasteiger partial charge in [0, 0.05) is 23.3 Å². The number of nitrogens with zero attached hydrogens (tertiary/aromatic N) is 3. The fourth-order valence-electron chi connectivity index (χ4n) is 7.72. The third-order valence-electron chi connectivity index (χ3n) is 10.1. The van der Waals surface area contributed by atoms with E-state index in [4.69, 9.17) is 4.74 Å². The fourth-order valence-corrected chi connectivity index (χ4v) is 10.5. The van der Waals surface area contributed by atoms with Crippen molar-refractivity contribution in [2.45, 2.75) is 42.7 Å². The van der Waals surface area contributed by atoms with Gasteiger partial charge >= 0.3 is 5.97 Å². The van der Waals surface area contributed by atoms with E-state index in [-0.39, 0.29) is 22.8 Å². The van der Waals surface area contributed by atoms with Crippen LogP contribution in [-0.4, -0.2) is 50.2 Å². The van der Waals surface area contributed by atoms with Crippen molar-refractivity contribution >= 4 is 88.1 Å². The van der Waals surface area contributed by atoms with Crippen molar-refractivity contribution in [1.29, 1.82) is 0 Å². The molecule has 1 N–H and O–H groups in total. The van der Waals surface area contributed by atoms with Crippen molar-refractivity contribution in [1.82, 2.24) is 9.47 Å². The van der Waals surface area contributed by atoms with E-state index in [9.17, 15) is 24.3 Å². The molecule has 1 saturated heterocycles. The summed E-state index contributed by atoms with van der Waals surface area (Å²) < 4.78 is 6.10. The highest BCUT2D eigenvalue weighted by Crippen LogP contribution is 2.52. The summed E-state index contributed by atoms with van der Waals surface area (Å²) in [7, 11) is 0. The molecule has 2 aliphatic heterocycles. The Kier molecular flexibility index (Phi) is 10.1. The van der Waals surface area contributed by atoms with Gasteiger partial charge in [0.05, 0.1) is 4.53 Å². The molecule has 2 fully saturated rings.